The zero-order valence-electron chi connectivity index (χ0n) is 6.19. The molecule has 0 saturated heterocycles. The van der Waals surface area contributed by atoms with Crippen LogP contribution in [0.1, 0.15) is 24.0 Å². The van der Waals surface area contributed by atoms with Gasteiger partial charge in [-0.2, -0.15) is 0 Å². The summed E-state index contributed by atoms with van der Waals surface area (Å²) in [5.41, 5.74) is 6.16. The summed E-state index contributed by atoms with van der Waals surface area (Å²) >= 11 is 3.57. The van der Waals surface area contributed by atoms with E-state index in [-0.39, 0.29) is 0 Å². The molecule has 2 aliphatic carbocycles. The highest BCUT2D eigenvalue weighted by Gasteiger charge is 2.47. The maximum atomic E-state index is 3.57. The molecule has 11 heavy (non-hydrogen) atoms. The summed E-state index contributed by atoms with van der Waals surface area (Å²) in [5, 5.41) is 0. The van der Waals surface area contributed by atoms with Crippen molar-refractivity contribution in [1.29, 1.82) is 0 Å². The van der Waals surface area contributed by atoms with E-state index in [9.17, 15) is 0 Å². The minimum absolute atomic E-state index is 0.737. The summed E-state index contributed by atoms with van der Waals surface area (Å²) in [4.78, 5) is 0. The van der Waals surface area contributed by atoms with Gasteiger partial charge in [-0.05, 0) is 29.7 Å². The molecule has 1 heteroatoms. The Morgan fingerprint density at radius 1 is 1.36 bits per heavy atom. The zero-order chi connectivity index (χ0) is 7.59. The predicted molar refractivity (Wildman–Crippen MR) is 49.5 cm³/mol. The molecule has 0 radical (unpaired) electrons. The van der Waals surface area contributed by atoms with Crippen LogP contribution in [0.3, 0.4) is 0 Å². The Kier molecular flexibility index (Phi) is 0.880. The molecule has 0 fully saturated rings. The molecular weight excluding hydrogens is 200 g/mol. The molecule has 3 rings (SSSR count). The van der Waals surface area contributed by atoms with E-state index < -0.39 is 0 Å². The van der Waals surface area contributed by atoms with Gasteiger partial charge in [-0.3, -0.25) is 0 Å². The van der Waals surface area contributed by atoms with Crippen molar-refractivity contribution >= 4 is 21.5 Å². The molecule has 1 aromatic carbocycles. The molecule has 0 bridgehead atoms. The van der Waals surface area contributed by atoms with Crippen molar-refractivity contribution in [3.63, 3.8) is 0 Å². The number of allylic oxidation sites excluding steroid dienone is 2. The fourth-order valence-corrected chi connectivity index (χ4v) is 2.64. The highest BCUT2D eigenvalue weighted by atomic mass is 79.9. The minimum Gasteiger partial charge on any atom is -0.0605 e. The van der Waals surface area contributed by atoms with Gasteiger partial charge in [0.25, 0.3) is 0 Å². The van der Waals surface area contributed by atoms with Gasteiger partial charge in [-0.25, -0.2) is 0 Å². The van der Waals surface area contributed by atoms with Crippen LogP contribution in [0.25, 0.3) is 5.57 Å². The molecule has 1 aromatic rings. The third-order valence-corrected chi connectivity index (χ3v) is 3.39. The molecule has 2 aliphatic rings. The maximum absolute atomic E-state index is 3.57. The molecule has 1 unspecified atom stereocenters. The number of halogens is 1. The van der Waals surface area contributed by atoms with Gasteiger partial charge in [0, 0.05) is 10.4 Å². The van der Waals surface area contributed by atoms with Crippen LogP contribution in [-0.4, -0.2) is 0 Å². The first-order valence-electron chi connectivity index (χ1n) is 3.80. The lowest BCUT2D eigenvalue weighted by Crippen LogP contribution is -2.00. The molecule has 0 nitrogen and oxygen atoms in total. The van der Waals surface area contributed by atoms with E-state index in [1.165, 1.54) is 15.6 Å². The fraction of sp³-hybridized carbons (Fsp3) is 0.200. The van der Waals surface area contributed by atoms with Gasteiger partial charge in [0.15, 0.2) is 0 Å². The normalized spacial score (nSPS) is 24.0. The summed E-state index contributed by atoms with van der Waals surface area (Å²) in [6, 6.07) is 6.45. The second-order valence-electron chi connectivity index (χ2n) is 3.23. The molecule has 0 spiro atoms. The molecule has 0 heterocycles. The third kappa shape index (κ3) is 0.529. The van der Waals surface area contributed by atoms with Gasteiger partial charge in [0.2, 0.25) is 0 Å². The molecule has 0 saturated carbocycles. The Morgan fingerprint density at radius 2 is 2.18 bits per heavy atom. The van der Waals surface area contributed by atoms with Crippen LogP contribution in [0.5, 0.6) is 0 Å². The van der Waals surface area contributed by atoms with Crippen LogP contribution in [0, 0.1) is 0 Å². The third-order valence-electron chi connectivity index (χ3n) is 2.69. The molecule has 0 N–H and O–H groups in total. The lowest BCUT2D eigenvalue weighted by Gasteiger charge is -2.18. The van der Waals surface area contributed by atoms with Crippen molar-refractivity contribution in [2.75, 3.05) is 0 Å². The molecule has 0 aliphatic heterocycles. The standard InChI is InChI=1S/C10H7Br/c1-5-8-6-3-2-4-7(11)10(6)9(5)8/h2-4,9H,1H3. The van der Waals surface area contributed by atoms with E-state index in [1.54, 1.807) is 11.1 Å². The van der Waals surface area contributed by atoms with Crippen molar-refractivity contribution in [2.45, 2.75) is 12.8 Å². The topological polar surface area (TPSA) is 0 Å². The Bertz CT molecular complexity index is 388. The van der Waals surface area contributed by atoms with Crippen LogP contribution in [0.15, 0.2) is 28.2 Å². The van der Waals surface area contributed by atoms with E-state index >= 15 is 0 Å². The lowest BCUT2D eigenvalue weighted by atomic mass is 9.88. The number of hydrogen-bond acceptors (Lipinski definition) is 0. The van der Waals surface area contributed by atoms with E-state index in [2.05, 4.69) is 41.1 Å². The molecule has 54 valence electrons. The van der Waals surface area contributed by atoms with Crippen LogP contribution in [0.4, 0.5) is 0 Å². The first-order chi connectivity index (χ1) is 5.30. The van der Waals surface area contributed by atoms with Crippen molar-refractivity contribution in [2.24, 2.45) is 0 Å². The summed E-state index contributed by atoms with van der Waals surface area (Å²) in [6.45, 7) is 2.23. The summed E-state index contributed by atoms with van der Waals surface area (Å²) < 4.78 is 1.28. The first-order valence-corrected chi connectivity index (χ1v) is 4.59. The Morgan fingerprint density at radius 3 is 2.91 bits per heavy atom. The summed E-state index contributed by atoms with van der Waals surface area (Å²) in [6.07, 6.45) is 0. The number of rotatable bonds is 0. The van der Waals surface area contributed by atoms with Gasteiger partial charge >= 0.3 is 0 Å². The van der Waals surface area contributed by atoms with E-state index in [4.69, 9.17) is 0 Å². The smallest absolute Gasteiger partial charge is 0.0325 e. The van der Waals surface area contributed by atoms with E-state index in [0.29, 0.717) is 0 Å². The SMILES string of the molecule is CC1=C2c3cccc(Br)c3C12. The highest BCUT2D eigenvalue weighted by Crippen LogP contribution is 2.65. The van der Waals surface area contributed by atoms with Gasteiger partial charge in [-0.15, -0.1) is 0 Å². The van der Waals surface area contributed by atoms with E-state index in [1.807, 2.05) is 0 Å². The van der Waals surface area contributed by atoms with Gasteiger partial charge in [0.05, 0.1) is 0 Å². The monoisotopic (exact) mass is 206 g/mol. The number of hydrogen-bond donors (Lipinski definition) is 0. The Labute approximate surface area is 74.1 Å². The summed E-state index contributed by atoms with van der Waals surface area (Å²) in [5.74, 6) is 0.737. The highest BCUT2D eigenvalue weighted by molar-refractivity contribution is 9.10. The predicted octanol–water partition coefficient (Wildman–Crippen LogP) is 3.33. The van der Waals surface area contributed by atoms with Crippen LogP contribution < -0.4 is 0 Å². The minimum atomic E-state index is 0.737. The second kappa shape index (κ2) is 1.61. The van der Waals surface area contributed by atoms with Gasteiger partial charge < -0.3 is 0 Å². The number of benzene rings is 1. The fourth-order valence-electron chi connectivity index (χ4n) is 2.05. The van der Waals surface area contributed by atoms with Gasteiger partial charge in [-0.1, -0.05) is 33.6 Å². The molecule has 1 atom stereocenters. The van der Waals surface area contributed by atoms with Crippen molar-refractivity contribution < 1.29 is 0 Å². The Hall–Kier alpha value is -0.560. The summed E-state index contributed by atoms with van der Waals surface area (Å²) in [7, 11) is 0. The average Bonchev–Trinajstić information content (AvgIpc) is 2.48. The first kappa shape index (κ1) is 6.01. The van der Waals surface area contributed by atoms with Crippen molar-refractivity contribution in [3.05, 3.63) is 39.4 Å². The molecule has 0 amide bonds. The van der Waals surface area contributed by atoms with E-state index in [0.717, 1.165) is 5.92 Å². The quantitative estimate of drug-likeness (QED) is 0.612. The average molecular weight is 207 g/mol. The van der Waals surface area contributed by atoms with Gasteiger partial charge in [0.1, 0.15) is 0 Å². The van der Waals surface area contributed by atoms with Crippen LogP contribution in [-0.2, 0) is 0 Å². The Balaban J connectivity index is 2.29. The molecular formula is C10H7Br. The lowest BCUT2D eigenvalue weighted by molar-refractivity contribution is 1.10. The number of fused-ring (bicyclic) bond motifs is 4. The largest absolute Gasteiger partial charge is 0.0605 e. The zero-order valence-corrected chi connectivity index (χ0v) is 7.77. The van der Waals surface area contributed by atoms with Crippen LogP contribution >= 0.6 is 15.9 Å². The second-order valence-corrected chi connectivity index (χ2v) is 4.09. The van der Waals surface area contributed by atoms with Crippen LogP contribution in [0.2, 0.25) is 0 Å². The van der Waals surface area contributed by atoms with Crippen molar-refractivity contribution in [3.8, 4) is 0 Å². The maximum Gasteiger partial charge on any atom is 0.0325 e. The van der Waals surface area contributed by atoms with Crippen molar-refractivity contribution in [1.82, 2.24) is 0 Å². The molecule has 0 aromatic heterocycles.